The van der Waals surface area contributed by atoms with Crippen LogP contribution in [-0.2, 0) is 0 Å². The summed E-state index contributed by atoms with van der Waals surface area (Å²) in [5, 5.41) is 3.78. The van der Waals surface area contributed by atoms with Crippen LogP contribution in [0.5, 0.6) is 5.75 Å². The van der Waals surface area contributed by atoms with Crippen LogP contribution < -0.4 is 31.7 Å². The SMILES string of the molecule is CN(C)C1=NC(c2ccc(OCCP(Br)(c3ccccc3)(c3ccccc3)c3ccccc3)cc2)N=C(N)N1. The Hall–Kier alpha value is -3.67. The van der Waals surface area contributed by atoms with E-state index in [-0.39, 0.29) is 0 Å². The minimum atomic E-state index is -3.03. The van der Waals surface area contributed by atoms with Gasteiger partial charge in [-0.25, -0.2) is 0 Å². The van der Waals surface area contributed by atoms with Gasteiger partial charge in [-0.2, -0.15) is 0 Å². The Bertz CT molecular complexity index is 1360. The second-order valence-electron chi connectivity index (χ2n) is 9.69. The average molecular weight is 603 g/mol. The monoisotopic (exact) mass is 601 g/mol. The van der Waals surface area contributed by atoms with E-state index in [9.17, 15) is 0 Å². The molecule has 0 saturated heterocycles. The number of rotatable bonds is 8. The van der Waals surface area contributed by atoms with Gasteiger partial charge in [0.1, 0.15) is 0 Å². The van der Waals surface area contributed by atoms with Gasteiger partial charge in [0.05, 0.1) is 0 Å². The first-order valence-corrected chi connectivity index (χ1v) is 17.3. The van der Waals surface area contributed by atoms with Crippen LogP contribution in [0, 0.1) is 0 Å². The Labute approximate surface area is 238 Å². The second kappa shape index (κ2) is 11.2. The molecule has 1 aliphatic heterocycles. The molecule has 0 bridgehead atoms. The van der Waals surface area contributed by atoms with Crippen LogP contribution in [0.4, 0.5) is 0 Å². The van der Waals surface area contributed by atoms with Gasteiger partial charge in [-0.1, -0.05) is 0 Å². The number of halogens is 1. The zero-order valence-electron chi connectivity index (χ0n) is 22.1. The predicted molar refractivity (Wildman–Crippen MR) is 170 cm³/mol. The molecule has 5 rings (SSSR count). The third-order valence-electron chi connectivity index (χ3n) is 7.01. The topological polar surface area (TPSA) is 75.2 Å². The van der Waals surface area contributed by atoms with E-state index in [2.05, 4.69) is 122 Å². The fourth-order valence-corrected chi connectivity index (χ4v) is 12.0. The van der Waals surface area contributed by atoms with Gasteiger partial charge in [0, 0.05) is 0 Å². The van der Waals surface area contributed by atoms with Crippen molar-refractivity contribution >= 4 is 48.6 Å². The van der Waals surface area contributed by atoms with E-state index in [4.69, 9.17) is 10.5 Å². The van der Waals surface area contributed by atoms with Gasteiger partial charge in [-0.05, 0) is 0 Å². The van der Waals surface area contributed by atoms with Gasteiger partial charge in [-0.3, -0.25) is 0 Å². The van der Waals surface area contributed by atoms with E-state index in [0.717, 1.165) is 17.5 Å². The van der Waals surface area contributed by atoms with Gasteiger partial charge < -0.3 is 0 Å². The molecule has 1 unspecified atom stereocenters. The molecule has 1 atom stereocenters. The molecule has 39 heavy (non-hydrogen) atoms. The van der Waals surface area contributed by atoms with Gasteiger partial charge in [0.25, 0.3) is 0 Å². The molecule has 0 aromatic heterocycles. The van der Waals surface area contributed by atoms with E-state index >= 15 is 0 Å². The fourth-order valence-electron chi connectivity index (χ4n) is 4.95. The first kappa shape index (κ1) is 26.9. The van der Waals surface area contributed by atoms with E-state index < -0.39 is 11.5 Å². The molecule has 0 aliphatic carbocycles. The number of hydrogen-bond donors (Lipinski definition) is 2. The quantitative estimate of drug-likeness (QED) is 0.286. The summed E-state index contributed by atoms with van der Waals surface area (Å²) in [6, 6.07) is 40.2. The molecule has 4 aromatic carbocycles. The van der Waals surface area contributed by atoms with E-state index in [1.165, 1.54) is 15.9 Å². The number of ether oxygens (including phenoxy) is 1. The van der Waals surface area contributed by atoms with Crippen molar-refractivity contribution < 1.29 is 4.74 Å². The van der Waals surface area contributed by atoms with Crippen molar-refractivity contribution in [2.75, 3.05) is 26.9 Å². The zero-order valence-corrected chi connectivity index (χ0v) is 24.6. The number of aliphatic imine (C=N–C) groups is 2. The van der Waals surface area contributed by atoms with E-state index in [1.54, 1.807) is 0 Å². The van der Waals surface area contributed by atoms with Gasteiger partial charge in [0.2, 0.25) is 0 Å². The molecule has 4 aromatic rings. The Morgan fingerprint density at radius 2 is 1.26 bits per heavy atom. The van der Waals surface area contributed by atoms with Crippen molar-refractivity contribution in [2.45, 2.75) is 6.17 Å². The van der Waals surface area contributed by atoms with Crippen LogP contribution in [0.25, 0.3) is 0 Å². The van der Waals surface area contributed by atoms with Crippen LogP contribution in [-0.4, -0.2) is 43.7 Å². The molecule has 0 radical (unpaired) electrons. The molecule has 0 spiro atoms. The summed E-state index contributed by atoms with van der Waals surface area (Å²) >= 11 is 4.48. The summed E-state index contributed by atoms with van der Waals surface area (Å²) in [5.41, 5.74) is 6.94. The number of guanidine groups is 2. The summed E-state index contributed by atoms with van der Waals surface area (Å²) in [6.07, 6.45) is 0.397. The predicted octanol–water partition coefficient (Wildman–Crippen LogP) is 4.74. The molecule has 6 nitrogen and oxygen atoms in total. The summed E-state index contributed by atoms with van der Waals surface area (Å²) in [4.78, 5) is 11.0. The van der Waals surface area contributed by atoms with Crippen molar-refractivity contribution in [3.8, 4) is 5.75 Å². The molecular weight excluding hydrogens is 569 g/mol. The van der Waals surface area contributed by atoms with E-state index in [0.29, 0.717) is 18.5 Å². The summed E-state index contributed by atoms with van der Waals surface area (Å²) in [6.45, 7) is 0.530. The third kappa shape index (κ3) is 5.29. The molecule has 8 heteroatoms. The van der Waals surface area contributed by atoms with Crippen LogP contribution >= 0.6 is 20.8 Å². The summed E-state index contributed by atoms with van der Waals surface area (Å²) < 4.78 is 6.40. The molecule has 3 N–H and O–H groups in total. The van der Waals surface area contributed by atoms with Gasteiger partial charge in [-0.15, -0.1) is 0 Å². The number of hydrogen-bond acceptors (Lipinski definition) is 6. The van der Waals surface area contributed by atoms with Crippen molar-refractivity contribution in [1.29, 1.82) is 0 Å². The molecule has 0 saturated carbocycles. The van der Waals surface area contributed by atoms with Crippen molar-refractivity contribution in [1.82, 2.24) is 10.2 Å². The molecule has 1 aliphatic rings. The number of nitrogens with one attached hydrogen (secondary N) is 1. The zero-order chi connectivity index (χ0) is 27.3. The fraction of sp³-hybridized carbons (Fsp3) is 0.161. The maximum atomic E-state index is 6.40. The number of benzene rings is 4. The van der Waals surface area contributed by atoms with Crippen molar-refractivity contribution in [3.63, 3.8) is 0 Å². The first-order valence-electron chi connectivity index (χ1n) is 12.9. The van der Waals surface area contributed by atoms with Crippen LogP contribution in [0.3, 0.4) is 0 Å². The normalized spacial score (nSPS) is 16.2. The third-order valence-corrected chi connectivity index (χ3v) is 16.9. The molecule has 0 fully saturated rings. The van der Waals surface area contributed by atoms with Gasteiger partial charge >= 0.3 is 239 Å². The Balaban J connectivity index is 1.44. The maximum absolute atomic E-state index is 6.40. The Morgan fingerprint density at radius 1 is 0.769 bits per heavy atom. The van der Waals surface area contributed by atoms with Crippen LogP contribution in [0.15, 0.2) is 125 Å². The molecule has 0 amide bonds. The van der Waals surface area contributed by atoms with Crippen molar-refractivity contribution in [3.05, 3.63) is 121 Å². The molecular formula is C31H33BrN5OP. The molecule has 1 heterocycles. The standard InChI is InChI=1S/C31H33BrN5OP/c1-37(2)31-35-29(34-30(33)36-31)24-18-20-25(21-19-24)38-22-23-39(32,26-12-6-3-7-13-26,27-14-8-4-9-15-27)28-16-10-5-11-17-28/h3-21,29H,22-23H2,1-2H3,(H3,33,34,35,36). The van der Waals surface area contributed by atoms with Crippen LogP contribution in [0.1, 0.15) is 11.7 Å². The van der Waals surface area contributed by atoms with Crippen LogP contribution in [0.2, 0.25) is 0 Å². The number of nitrogens with zero attached hydrogens (tertiary/aromatic N) is 3. The minimum absolute atomic E-state index is 0.352. The van der Waals surface area contributed by atoms with Crippen molar-refractivity contribution in [2.24, 2.45) is 15.7 Å². The number of nitrogens with two attached hydrogens (primary N) is 1. The molecule has 200 valence electrons. The summed E-state index contributed by atoms with van der Waals surface area (Å²) in [7, 11) is 3.83. The first-order chi connectivity index (χ1) is 18.9. The Kier molecular flexibility index (Phi) is 7.74. The Morgan fingerprint density at radius 3 is 1.72 bits per heavy atom. The van der Waals surface area contributed by atoms with Gasteiger partial charge in [0.15, 0.2) is 0 Å². The average Bonchev–Trinajstić information content (AvgIpc) is 2.98. The summed E-state index contributed by atoms with van der Waals surface area (Å²) in [5.74, 6) is 1.83. The van der Waals surface area contributed by atoms with E-state index in [1.807, 2.05) is 43.3 Å². The second-order valence-corrected chi connectivity index (χ2v) is 18.7.